The van der Waals surface area contributed by atoms with Gasteiger partial charge in [-0.25, -0.2) is 0 Å². The van der Waals surface area contributed by atoms with Gasteiger partial charge in [-0.15, -0.1) is 0 Å². The van der Waals surface area contributed by atoms with E-state index < -0.39 is 6.10 Å². The molecular formula is C20H21BrO. The number of hydrogen-bond acceptors (Lipinski definition) is 1. The van der Waals surface area contributed by atoms with Crippen LogP contribution in [0, 0.1) is 0 Å². The van der Waals surface area contributed by atoms with Gasteiger partial charge in [0.2, 0.25) is 0 Å². The van der Waals surface area contributed by atoms with Crippen LogP contribution < -0.4 is 0 Å². The van der Waals surface area contributed by atoms with Gasteiger partial charge in [-0.3, -0.25) is 0 Å². The zero-order valence-corrected chi connectivity index (χ0v) is 14.2. The van der Waals surface area contributed by atoms with Crippen molar-refractivity contribution in [2.24, 2.45) is 0 Å². The van der Waals surface area contributed by atoms with Crippen molar-refractivity contribution in [3.05, 3.63) is 76.9 Å². The maximum Gasteiger partial charge on any atom is 0.0836 e. The molecule has 1 atom stereocenters. The van der Waals surface area contributed by atoms with E-state index in [1.807, 2.05) is 6.07 Å². The van der Waals surface area contributed by atoms with Crippen molar-refractivity contribution in [1.29, 1.82) is 0 Å². The molecule has 0 spiro atoms. The minimum absolute atomic E-state index is 0.425. The van der Waals surface area contributed by atoms with Crippen LogP contribution in [0.15, 0.2) is 54.6 Å². The molecule has 2 aromatic carbocycles. The second-order valence-electron chi connectivity index (χ2n) is 5.77. The number of hydrogen-bond donors (Lipinski definition) is 1. The molecule has 0 unspecified atom stereocenters. The molecule has 0 amide bonds. The molecule has 0 fully saturated rings. The maximum absolute atomic E-state index is 10.6. The fraction of sp³-hybridized carbons (Fsp3) is 0.300. The summed E-state index contributed by atoms with van der Waals surface area (Å²) in [4.78, 5) is 0. The Bertz CT molecular complexity index is 675. The van der Waals surface area contributed by atoms with Gasteiger partial charge in [0.1, 0.15) is 0 Å². The molecule has 1 aliphatic rings. The molecule has 22 heavy (non-hydrogen) atoms. The Morgan fingerprint density at radius 2 is 1.73 bits per heavy atom. The number of benzene rings is 2. The number of aliphatic hydroxyl groups is 1. The fourth-order valence-electron chi connectivity index (χ4n) is 3.16. The van der Waals surface area contributed by atoms with E-state index in [-0.39, 0.29) is 0 Å². The van der Waals surface area contributed by atoms with Crippen LogP contribution in [-0.4, -0.2) is 10.4 Å². The summed E-state index contributed by atoms with van der Waals surface area (Å²) < 4.78 is 0. The Hall–Kier alpha value is -1.38. The van der Waals surface area contributed by atoms with E-state index >= 15 is 0 Å². The average molecular weight is 357 g/mol. The lowest BCUT2D eigenvalue weighted by Gasteiger charge is -2.13. The largest absolute Gasteiger partial charge is 0.388 e. The zero-order chi connectivity index (χ0) is 15.4. The monoisotopic (exact) mass is 356 g/mol. The van der Waals surface area contributed by atoms with Gasteiger partial charge in [0.25, 0.3) is 0 Å². The molecule has 2 aromatic rings. The summed E-state index contributed by atoms with van der Waals surface area (Å²) in [5, 5.41) is 11.6. The highest BCUT2D eigenvalue weighted by molar-refractivity contribution is 9.09. The van der Waals surface area contributed by atoms with Crippen molar-refractivity contribution >= 4 is 21.5 Å². The summed E-state index contributed by atoms with van der Waals surface area (Å²) in [6.07, 6.45) is 6.05. The van der Waals surface area contributed by atoms with E-state index in [0.717, 1.165) is 17.3 Å². The molecule has 1 aliphatic carbocycles. The molecule has 3 rings (SSSR count). The summed E-state index contributed by atoms with van der Waals surface area (Å²) in [6, 6.07) is 16.7. The van der Waals surface area contributed by atoms with Crippen LogP contribution in [0.1, 0.15) is 47.6 Å². The van der Waals surface area contributed by atoms with Crippen molar-refractivity contribution < 1.29 is 5.11 Å². The molecule has 1 N–H and O–H groups in total. The van der Waals surface area contributed by atoms with E-state index in [4.69, 9.17) is 0 Å². The van der Waals surface area contributed by atoms with Crippen LogP contribution in [0.3, 0.4) is 0 Å². The molecule has 0 radical (unpaired) electrons. The Morgan fingerprint density at radius 3 is 2.55 bits per heavy atom. The molecule has 2 heteroatoms. The van der Waals surface area contributed by atoms with Crippen LogP contribution >= 0.6 is 15.9 Å². The molecular weight excluding hydrogens is 336 g/mol. The van der Waals surface area contributed by atoms with Gasteiger partial charge in [0.15, 0.2) is 0 Å². The van der Waals surface area contributed by atoms with Crippen LogP contribution in [-0.2, 0) is 6.42 Å². The molecule has 0 aliphatic heterocycles. The van der Waals surface area contributed by atoms with Gasteiger partial charge in [-0.1, -0.05) is 70.5 Å². The van der Waals surface area contributed by atoms with Gasteiger partial charge in [-0.05, 0) is 47.1 Å². The van der Waals surface area contributed by atoms with Crippen LogP contribution in [0.25, 0.3) is 5.57 Å². The maximum atomic E-state index is 10.6. The first kappa shape index (κ1) is 15.5. The van der Waals surface area contributed by atoms with Gasteiger partial charge < -0.3 is 5.11 Å². The molecule has 0 bridgehead atoms. The van der Waals surface area contributed by atoms with E-state index in [9.17, 15) is 5.11 Å². The third kappa shape index (κ3) is 3.18. The topological polar surface area (TPSA) is 20.2 Å². The zero-order valence-electron chi connectivity index (χ0n) is 12.6. The Balaban J connectivity index is 2.08. The molecule has 1 nitrogen and oxygen atoms in total. The van der Waals surface area contributed by atoms with E-state index in [1.54, 1.807) is 0 Å². The summed E-state index contributed by atoms with van der Waals surface area (Å²) in [7, 11) is 0. The van der Waals surface area contributed by atoms with E-state index in [1.165, 1.54) is 35.1 Å². The second-order valence-corrected chi connectivity index (χ2v) is 6.56. The Kier molecular flexibility index (Phi) is 5.12. The summed E-state index contributed by atoms with van der Waals surface area (Å²) in [5.74, 6) is 0. The van der Waals surface area contributed by atoms with Crippen molar-refractivity contribution in [3.8, 4) is 0 Å². The lowest BCUT2D eigenvalue weighted by Crippen LogP contribution is -2.01. The summed E-state index contributed by atoms with van der Waals surface area (Å²) in [6.45, 7) is 0. The van der Waals surface area contributed by atoms with Gasteiger partial charge >= 0.3 is 0 Å². The second kappa shape index (κ2) is 7.26. The third-order valence-electron chi connectivity index (χ3n) is 4.27. The van der Waals surface area contributed by atoms with Gasteiger partial charge in [-0.2, -0.15) is 0 Å². The lowest BCUT2D eigenvalue weighted by molar-refractivity contribution is 0.179. The van der Waals surface area contributed by atoms with Crippen LogP contribution in [0.5, 0.6) is 0 Å². The van der Waals surface area contributed by atoms with E-state index in [0.29, 0.717) is 6.42 Å². The predicted octanol–water partition coefficient (Wildman–Crippen LogP) is 5.27. The van der Waals surface area contributed by atoms with Crippen LogP contribution in [0.2, 0.25) is 0 Å². The number of fused-ring (bicyclic) bond motifs is 2. The predicted molar refractivity (Wildman–Crippen MR) is 96.3 cm³/mol. The van der Waals surface area contributed by atoms with Crippen molar-refractivity contribution in [3.63, 3.8) is 0 Å². The summed E-state index contributed by atoms with van der Waals surface area (Å²) in [5.41, 5.74) is 6.00. The first-order chi connectivity index (χ1) is 10.8. The molecule has 114 valence electrons. The normalized spacial score (nSPS) is 18.6. The van der Waals surface area contributed by atoms with Crippen LogP contribution in [0.4, 0.5) is 0 Å². The van der Waals surface area contributed by atoms with E-state index in [2.05, 4.69) is 64.5 Å². The summed E-state index contributed by atoms with van der Waals surface area (Å²) >= 11 is 3.49. The minimum Gasteiger partial charge on any atom is -0.388 e. The Labute approximate surface area is 140 Å². The van der Waals surface area contributed by atoms with Gasteiger partial charge in [0.05, 0.1) is 6.10 Å². The van der Waals surface area contributed by atoms with Gasteiger partial charge in [0, 0.05) is 11.8 Å². The number of unbranched alkanes of at least 4 members (excludes halogenated alkanes) is 2. The first-order valence-corrected chi connectivity index (χ1v) is 9.05. The Morgan fingerprint density at radius 1 is 1.00 bits per heavy atom. The molecule has 0 saturated carbocycles. The van der Waals surface area contributed by atoms with Crippen molar-refractivity contribution in [2.45, 2.75) is 31.8 Å². The quantitative estimate of drug-likeness (QED) is 0.584. The van der Waals surface area contributed by atoms with Crippen molar-refractivity contribution in [1.82, 2.24) is 0 Å². The smallest absolute Gasteiger partial charge is 0.0836 e. The molecule has 0 heterocycles. The van der Waals surface area contributed by atoms with Crippen molar-refractivity contribution in [2.75, 3.05) is 5.33 Å². The fourth-order valence-corrected chi connectivity index (χ4v) is 3.56. The number of halogens is 1. The average Bonchev–Trinajstić information content (AvgIpc) is 2.67. The lowest BCUT2D eigenvalue weighted by atomic mass is 9.93. The number of rotatable bonds is 4. The number of alkyl halides is 1. The highest BCUT2D eigenvalue weighted by Crippen LogP contribution is 2.37. The molecule has 0 saturated heterocycles. The number of aliphatic hydroxyl groups excluding tert-OH is 1. The highest BCUT2D eigenvalue weighted by Gasteiger charge is 2.22. The third-order valence-corrected chi connectivity index (χ3v) is 4.83. The SMILES string of the molecule is O[C@@H]1Cc2ccccc2/C(=C\CCCCBr)c2ccccc21. The highest BCUT2D eigenvalue weighted by atomic mass is 79.9. The number of allylic oxidation sites excluding steroid dienone is 1. The standard InChI is InChI=1S/C20H21BrO/c21-13-7-1-2-10-17-16-9-4-3-8-15(16)14-20(22)19-12-6-5-11-18(17)19/h3-6,8-12,20,22H,1-2,7,13-14H2/b17-10+/t20-/m1/s1. The first-order valence-electron chi connectivity index (χ1n) is 7.93. The minimum atomic E-state index is -0.425. The molecule has 0 aromatic heterocycles.